The first-order chi connectivity index (χ1) is 8.47. The number of carbonyl (C=O) groups is 2. The van der Waals surface area contributed by atoms with Gasteiger partial charge in [0.2, 0.25) is 0 Å². The van der Waals surface area contributed by atoms with Gasteiger partial charge >= 0.3 is 6.03 Å². The highest BCUT2D eigenvalue weighted by molar-refractivity contribution is 5.85. The van der Waals surface area contributed by atoms with E-state index in [0.717, 1.165) is 5.56 Å². The first kappa shape index (κ1) is 12.6. The van der Waals surface area contributed by atoms with Gasteiger partial charge in [0.25, 0.3) is 0 Å². The first-order valence-corrected chi connectivity index (χ1v) is 6.09. The normalized spacial score (nSPS) is 18.9. The highest BCUT2D eigenvalue weighted by atomic mass is 16.2. The van der Waals surface area contributed by atoms with Gasteiger partial charge in [0, 0.05) is 6.54 Å². The number of amides is 2. The fraction of sp³-hybridized carbons (Fsp3) is 0.429. The molecule has 0 aliphatic carbocycles. The van der Waals surface area contributed by atoms with E-state index in [-0.39, 0.29) is 24.4 Å². The lowest BCUT2D eigenvalue weighted by atomic mass is 10.0. The molecule has 96 valence electrons. The van der Waals surface area contributed by atoms with E-state index < -0.39 is 0 Å². The zero-order chi connectivity index (χ0) is 13.3. The van der Waals surface area contributed by atoms with E-state index in [1.54, 1.807) is 4.90 Å². The van der Waals surface area contributed by atoms with Crippen molar-refractivity contribution in [2.45, 2.75) is 26.8 Å². The number of ketones is 1. The Bertz CT molecular complexity index is 497. The standard InChI is InChI=1S/C14H18N2O2/c1-9-4-5-12(6-10(9)2)13-8-16(7-11(3)17)14(18)15-13/h4-6,13H,7-8H2,1-3H3,(H,15,18). The second-order valence-corrected chi connectivity index (χ2v) is 4.93. The first-order valence-electron chi connectivity index (χ1n) is 6.09. The molecular weight excluding hydrogens is 228 g/mol. The molecule has 0 saturated carbocycles. The Balaban J connectivity index is 2.14. The molecule has 0 spiro atoms. The summed E-state index contributed by atoms with van der Waals surface area (Å²) in [5.74, 6) is 0.00545. The molecule has 2 rings (SSSR count). The van der Waals surface area contributed by atoms with Gasteiger partial charge in [0.05, 0.1) is 12.6 Å². The fourth-order valence-corrected chi connectivity index (χ4v) is 2.16. The largest absolute Gasteiger partial charge is 0.329 e. The lowest BCUT2D eigenvalue weighted by molar-refractivity contribution is -0.117. The molecule has 0 radical (unpaired) electrons. The Morgan fingerprint density at radius 3 is 2.72 bits per heavy atom. The molecule has 0 bridgehead atoms. The van der Waals surface area contributed by atoms with Crippen LogP contribution in [-0.2, 0) is 4.79 Å². The summed E-state index contributed by atoms with van der Waals surface area (Å²) >= 11 is 0. The number of benzene rings is 1. The minimum Gasteiger partial charge on any atom is -0.329 e. The molecule has 1 aliphatic rings. The van der Waals surface area contributed by atoms with Crippen LogP contribution in [0.1, 0.15) is 29.7 Å². The summed E-state index contributed by atoms with van der Waals surface area (Å²) in [5.41, 5.74) is 3.55. The minimum absolute atomic E-state index is 0.00545. The van der Waals surface area contributed by atoms with Crippen LogP contribution in [-0.4, -0.2) is 29.8 Å². The van der Waals surface area contributed by atoms with Gasteiger partial charge in [-0.2, -0.15) is 0 Å². The van der Waals surface area contributed by atoms with Crippen molar-refractivity contribution in [2.24, 2.45) is 0 Å². The topological polar surface area (TPSA) is 49.4 Å². The molecule has 18 heavy (non-hydrogen) atoms. The van der Waals surface area contributed by atoms with Crippen molar-refractivity contribution in [3.8, 4) is 0 Å². The van der Waals surface area contributed by atoms with Crippen molar-refractivity contribution in [1.29, 1.82) is 0 Å². The average molecular weight is 246 g/mol. The van der Waals surface area contributed by atoms with Gasteiger partial charge < -0.3 is 10.2 Å². The summed E-state index contributed by atoms with van der Waals surface area (Å²) in [7, 11) is 0. The molecule has 1 atom stereocenters. The van der Waals surface area contributed by atoms with E-state index >= 15 is 0 Å². The number of nitrogens with zero attached hydrogens (tertiary/aromatic N) is 1. The molecule has 1 N–H and O–H groups in total. The van der Waals surface area contributed by atoms with Crippen LogP contribution in [0.15, 0.2) is 18.2 Å². The van der Waals surface area contributed by atoms with E-state index in [4.69, 9.17) is 0 Å². The molecule has 1 saturated heterocycles. The van der Waals surface area contributed by atoms with E-state index in [0.29, 0.717) is 6.54 Å². The maximum atomic E-state index is 11.7. The number of hydrogen-bond donors (Lipinski definition) is 1. The van der Waals surface area contributed by atoms with E-state index in [1.807, 2.05) is 6.07 Å². The summed E-state index contributed by atoms with van der Waals surface area (Å²) in [6.45, 7) is 6.36. The van der Waals surface area contributed by atoms with E-state index in [2.05, 4.69) is 31.3 Å². The van der Waals surface area contributed by atoms with Crippen LogP contribution in [0.25, 0.3) is 0 Å². The van der Waals surface area contributed by atoms with Gasteiger partial charge in [-0.3, -0.25) is 4.79 Å². The van der Waals surface area contributed by atoms with Gasteiger partial charge in [-0.15, -0.1) is 0 Å². The number of Topliss-reactive ketones (excluding diaryl/α,β-unsaturated/α-hetero) is 1. The number of aryl methyl sites for hydroxylation is 2. The molecule has 4 nitrogen and oxygen atoms in total. The molecule has 1 aromatic carbocycles. The van der Waals surface area contributed by atoms with Crippen molar-refractivity contribution in [1.82, 2.24) is 10.2 Å². The summed E-state index contributed by atoms with van der Waals surface area (Å²) in [5, 5.41) is 2.91. The fourth-order valence-electron chi connectivity index (χ4n) is 2.16. The molecule has 1 aromatic rings. The molecule has 1 heterocycles. The number of rotatable bonds is 3. The van der Waals surface area contributed by atoms with Crippen molar-refractivity contribution >= 4 is 11.8 Å². The second kappa shape index (κ2) is 4.80. The molecule has 1 fully saturated rings. The number of hydrogen-bond acceptors (Lipinski definition) is 2. The predicted octanol–water partition coefficient (Wildman–Crippen LogP) is 1.96. The Hall–Kier alpha value is -1.84. The van der Waals surface area contributed by atoms with E-state index in [9.17, 15) is 9.59 Å². The lowest BCUT2D eigenvalue weighted by Crippen LogP contribution is -2.32. The molecule has 2 amide bonds. The summed E-state index contributed by atoms with van der Waals surface area (Å²) in [6.07, 6.45) is 0. The smallest absolute Gasteiger partial charge is 0.318 e. The van der Waals surface area contributed by atoms with Crippen LogP contribution in [0.3, 0.4) is 0 Å². The Kier molecular flexibility index (Phi) is 3.36. The molecule has 4 heteroatoms. The Morgan fingerprint density at radius 1 is 1.39 bits per heavy atom. The molecule has 0 aromatic heterocycles. The summed E-state index contributed by atoms with van der Waals surface area (Å²) in [6, 6.07) is 6.01. The molecule has 1 unspecified atom stereocenters. The van der Waals surface area contributed by atoms with Crippen molar-refractivity contribution in [2.75, 3.05) is 13.1 Å². The third-order valence-electron chi connectivity index (χ3n) is 3.33. The van der Waals surface area contributed by atoms with Crippen molar-refractivity contribution in [3.63, 3.8) is 0 Å². The van der Waals surface area contributed by atoms with Crippen molar-refractivity contribution < 1.29 is 9.59 Å². The number of nitrogens with one attached hydrogen (secondary N) is 1. The maximum Gasteiger partial charge on any atom is 0.318 e. The van der Waals surface area contributed by atoms with Gasteiger partial charge in [-0.05, 0) is 37.5 Å². The average Bonchev–Trinajstić information content (AvgIpc) is 2.63. The molecular formula is C14H18N2O2. The zero-order valence-electron chi connectivity index (χ0n) is 11.0. The number of urea groups is 1. The Labute approximate surface area is 107 Å². The third kappa shape index (κ3) is 2.53. The number of carbonyl (C=O) groups excluding carboxylic acids is 2. The second-order valence-electron chi connectivity index (χ2n) is 4.93. The van der Waals surface area contributed by atoms with Crippen LogP contribution in [0, 0.1) is 13.8 Å². The zero-order valence-corrected chi connectivity index (χ0v) is 11.0. The predicted molar refractivity (Wildman–Crippen MR) is 69.4 cm³/mol. The third-order valence-corrected chi connectivity index (χ3v) is 3.33. The van der Waals surface area contributed by atoms with Gasteiger partial charge in [0.1, 0.15) is 5.78 Å². The lowest BCUT2D eigenvalue weighted by Gasteiger charge is -2.13. The van der Waals surface area contributed by atoms with Crippen molar-refractivity contribution in [3.05, 3.63) is 34.9 Å². The van der Waals surface area contributed by atoms with E-state index in [1.165, 1.54) is 18.1 Å². The Morgan fingerprint density at radius 2 is 2.11 bits per heavy atom. The van der Waals surface area contributed by atoms with Crippen LogP contribution < -0.4 is 5.32 Å². The van der Waals surface area contributed by atoms with Crippen LogP contribution in [0.4, 0.5) is 4.79 Å². The van der Waals surface area contributed by atoms with Gasteiger partial charge in [-0.25, -0.2) is 4.79 Å². The highest BCUT2D eigenvalue weighted by Crippen LogP contribution is 2.22. The van der Waals surface area contributed by atoms with Crippen LogP contribution in [0.2, 0.25) is 0 Å². The summed E-state index contributed by atoms with van der Waals surface area (Å²) < 4.78 is 0. The van der Waals surface area contributed by atoms with Gasteiger partial charge in [0.15, 0.2) is 0 Å². The quantitative estimate of drug-likeness (QED) is 0.886. The highest BCUT2D eigenvalue weighted by Gasteiger charge is 2.30. The van der Waals surface area contributed by atoms with Gasteiger partial charge in [-0.1, -0.05) is 18.2 Å². The minimum atomic E-state index is -0.159. The molecule has 1 aliphatic heterocycles. The SMILES string of the molecule is CC(=O)CN1CC(c2ccc(C)c(C)c2)NC1=O. The maximum absolute atomic E-state index is 11.7. The monoisotopic (exact) mass is 246 g/mol. The summed E-state index contributed by atoms with van der Waals surface area (Å²) in [4.78, 5) is 24.3. The van der Waals surface area contributed by atoms with Crippen LogP contribution >= 0.6 is 0 Å². The van der Waals surface area contributed by atoms with Crippen LogP contribution in [0.5, 0.6) is 0 Å².